The fourth-order valence-electron chi connectivity index (χ4n) is 4.69. The number of fused-ring (bicyclic) bond motifs is 1. The van der Waals surface area contributed by atoms with Crippen molar-refractivity contribution in [1.29, 1.82) is 0 Å². The van der Waals surface area contributed by atoms with Gasteiger partial charge in [0.2, 0.25) is 17.7 Å². The van der Waals surface area contributed by atoms with Gasteiger partial charge in [-0.15, -0.1) is 0 Å². The molecule has 0 fully saturated rings. The number of nitrogens with one attached hydrogen (secondary N) is 5. The van der Waals surface area contributed by atoms with Crippen LogP contribution in [0.5, 0.6) is 0 Å². The molecular weight excluding hydrogens is 532 g/mol. The summed E-state index contributed by atoms with van der Waals surface area (Å²) < 4.78 is 6.10. The SMILES string of the molecule is CCCN(CC(=O)NC1c2ccccc2CC1OCCNc1c(NCCO)c(=O)c1=O)C(=O)CNC(=O)C(C)NC. The van der Waals surface area contributed by atoms with E-state index in [0.29, 0.717) is 19.4 Å². The molecule has 6 N–H and O–H groups in total. The summed E-state index contributed by atoms with van der Waals surface area (Å²) >= 11 is 0. The van der Waals surface area contributed by atoms with E-state index in [1.165, 1.54) is 4.90 Å². The molecule has 0 aliphatic heterocycles. The van der Waals surface area contributed by atoms with Gasteiger partial charge < -0.3 is 41.3 Å². The molecule has 0 saturated heterocycles. The van der Waals surface area contributed by atoms with Crippen molar-refractivity contribution in [2.24, 2.45) is 0 Å². The second kappa shape index (κ2) is 15.3. The fraction of sp³-hybridized carbons (Fsp3) is 0.536. The highest BCUT2D eigenvalue weighted by Crippen LogP contribution is 2.33. The summed E-state index contributed by atoms with van der Waals surface area (Å²) in [7, 11) is 1.65. The molecule has 13 nitrogen and oxygen atoms in total. The first kappa shape index (κ1) is 31.7. The van der Waals surface area contributed by atoms with E-state index in [0.717, 1.165) is 11.1 Å². The fourth-order valence-corrected chi connectivity index (χ4v) is 4.69. The summed E-state index contributed by atoms with van der Waals surface area (Å²) in [5.74, 6) is -1.00. The summed E-state index contributed by atoms with van der Waals surface area (Å²) in [4.78, 5) is 63.0. The van der Waals surface area contributed by atoms with E-state index in [1.54, 1.807) is 14.0 Å². The predicted molar refractivity (Wildman–Crippen MR) is 155 cm³/mol. The Labute approximate surface area is 238 Å². The molecule has 13 heteroatoms. The normalized spacial score (nSPS) is 16.6. The number of aliphatic hydroxyl groups is 1. The lowest BCUT2D eigenvalue weighted by molar-refractivity contribution is -0.137. The van der Waals surface area contributed by atoms with Crippen molar-refractivity contribution in [3.8, 4) is 0 Å². The average molecular weight is 573 g/mol. The molecule has 0 aromatic heterocycles. The van der Waals surface area contributed by atoms with Crippen LogP contribution >= 0.6 is 0 Å². The zero-order valence-electron chi connectivity index (χ0n) is 23.7. The van der Waals surface area contributed by atoms with Gasteiger partial charge in [0.1, 0.15) is 11.4 Å². The molecule has 0 radical (unpaired) electrons. The Hall–Kier alpha value is -3.81. The Balaban J connectivity index is 1.58. The third-order valence-corrected chi connectivity index (χ3v) is 6.98. The second-order valence-corrected chi connectivity index (χ2v) is 9.89. The summed E-state index contributed by atoms with van der Waals surface area (Å²) in [6.45, 7) is 4.02. The number of carbonyl (C=O) groups excluding carboxylic acids is 3. The maximum Gasteiger partial charge on any atom is 0.253 e. The van der Waals surface area contributed by atoms with Gasteiger partial charge in [-0.25, -0.2) is 0 Å². The third-order valence-electron chi connectivity index (χ3n) is 6.98. The largest absolute Gasteiger partial charge is 0.395 e. The minimum Gasteiger partial charge on any atom is -0.395 e. The molecule has 1 aliphatic carbocycles. The van der Waals surface area contributed by atoms with Gasteiger partial charge in [0, 0.05) is 26.1 Å². The number of hydrogen-bond acceptors (Lipinski definition) is 10. The first-order valence-corrected chi connectivity index (χ1v) is 13.8. The van der Waals surface area contributed by atoms with Crippen molar-refractivity contribution < 1.29 is 24.2 Å². The van der Waals surface area contributed by atoms with E-state index < -0.39 is 22.9 Å². The van der Waals surface area contributed by atoms with Crippen LogP contribution in [0.15, 0.2) is 33.9 Å². The van der Waals surface area contributed by atoms with Crippen LogP contribution in [-0.2, 0) is 25.5 Å². The van der Waals surface area contributed by atoms with Crippen LogP contribution in [0.4, 0.5) is 11.4 Å². The maximum absolute atomic E-state index is 13.1. The molecule has 3 amide bonds. The summed E-state index contributed by atoms with van der Waals surface area (Å²) in [6, 6.07) is 6.81. The van der Waals surface area contributed by atoms with E-state index in [1.807, 2.05) is 31.2 Å². The Kier molecular flexibility index (Phi) is 11.8. The molecule has 41 heavy (non-hydrogen) atoms. The Morgan fingerprint density at radius 1 is 1.10 bits per heavy atom. The standard InChI is InChI=1S/C28H40N6O7/c1-4-11-34(22(37)15-32-28(40)17(2)29-3)16-21(36)33-23-19-8-6-5-7-18(19)14-20(23)41-13-10-31-25-24(30-9-12-35)26(38)27(25)39/h5-8,17,20,23,29-31,35H,4,9-16H2,1-3H3,(H,32,40)(H,33,36). The molecule has 0 heterocycles. The number of rotatable bonds is 17. The van der Waals surface area contributed by atoms with Crippen molar-refractivity contribution in [3.63, 3.8) is 0 Å². The molecular formula is C28H40N6O7. The second-order valence-electron chi connectivity index (χ2n) is 9.89. The number of anilines is 2. The van der Waals surface area contributed by atoms with Gasteiger partial charge >= 0.3 is 0 Å². The predicted octanol–water partition coefficient (Wildman–Crippen LogP) is -1.14. The molecule has 0 spiro atoms. The van der Waals surface area contributed by atoms with Crippen molar-refractivity contribution in [2.45, 2.75) is 44.9 Å². The Bertz CT molecular complexity index is 1280. The van der Waals surface area contributed by atoms with Crippen molar-refractivity contribution >= 4 is 29.1 Å². The lowest BCUT2D eigenvalue weighted by Gasteiger charge is -2.26. The number of hydrogen-bond donors (Lipinski definition) is 6. The first-order valence-electron chi connectivity index (χ1n) is 13.8. The minimum absolute atomic E-state index is 0.156. The van der Waals surface area contributed by atoms with E-state index in [4.69, 9.17) is 9.84 Å². The van der Waals surface area contributed by atoms with Crippen LogP contribution in [0.25, 0.3) is 0 Å². The molecule has 0 bridgehead atoms. The maximum atomic E-state index is 13.1. The Morgan fingerprint density at radius 2 is 1.78 bits per heavy atom. The Morgan fingerprint density at radius 3 is 2.44 bits per heavy atom. The molecule has 1 aliphatic rings. The van der Waals surface area contributed by atoms with Gasteiger partial charge in [-0.2, -0.15) is 0 Å². The number of aliphatic hydroxyl groups excluding tert-OH is 1. The lowest BCUT2D eigenvalue weighted by Crippen LogP contribution is -2.49. The number of carbonyl (C=O) groups is 3. The molecule has 3 atom stereocenters. The highest BCUT2D eigenvalue weighted by molar-refractivity contribution is 5.89. The van der Waals surface area contributed by atoms with Crippen molar-refractivity contribution in [2.75, 3.05) is 63.6 Å². The highest BCUT2D eigenvalue weighted by atomic mass is 16.5. The average Bonchev–Trinajstić information content (AvgIpc) is 3.32. The van der Waals surface area contributed by atoms with Crippen LogP contribution in [0.3, 0.4) is 0 Å². The van der Waals surface area contributed by atoms with Crippen LogP contribution in [0.2, 0.25) is 0 Å². The van der Waals surface area contributed by atoms with E-state index in [9.17, 15) is 24.0 Å². The lowest BCUT2D eigenvalue weighted by atomic mass is 10.1. The van der Waals surface area contributed by atoms with Crippen LogP contribution in [0, 0.1) is 0 Å². The van der Waals surface area contributed by atoms with Gasteiger partial charge in [-0.05, 0) is 31.5 Å². The number of ether oxygens (including phenoxy) is 1. The van der Waals surface area contributed by atoms with Gasteiger partial charge in [-0.1, -0.05) is 31.2 Å². The van der Waals surface area contributed by atoms with E-state index in [2.05, 4.69) is 26.6 Å². The molecule has 3 rings (SSSR count). The van der Waals surface area contributed by atoms with Gasteiger partial charge in [0.15, 0.2) is 0 Å². The number of nitrogens with zero attached hydrogens (tertiary/aromatic N) is 1. The zero-order chi connectivity index (χ0) is 29.9. The zero-order valence-corrected chi connectivity index (χ0v) is 23.7. The summed E-state index contributed by atoms with van der Waals surface area (Å²) in [5.41, 5.74) is 1.05. The molecule has 2 aromatic carbocycles. The van der Waals surface area contributed by atoms with E-state index >= 15 is 0 Å². The monoisotopic (exact) mass is 572 g/mol. The quantitative estimate of drug-likeness (QED) is 0.100. The van der Waals surface area contributed by atoms with Crippen molar-refractivity contribution in [1.82, 2.24) is 20.9 Å². The topological polar surface area (TPSA) is 178 Å². The number of benzene rings is 1. The summed E-state index contributed by atoms with van der Waals surface area (Å²) in [5, 5.41) is 23.0. The summed E-state index contributed by atoms with van der Waals surface area (Å²) in [6.07, 6.45) is 0.834. The minimum atomic E-state index is -0.624. The highest BCUT2D eigenvalue weighted by Gasteiger charge is 2.34. The smallest absolute Gasteiger partial charge is 0.253 e. The van der Waals surface area contributed by atoms with Gasteiger partial charge in [0.05, 0.1) is 44.5 Å². The molecule has 3 unspecified atom stereocenters. The first-order chi connectivity index (χ1) is 19.7. The number of amides is 3. The van der Waals surface area contributed by atoms with Crippen molar-refractivity contribution in [3.05, 3.63) is 55.8 Å². The van der Waals surface area contributed by atoms with Crippen LogP contribution in [-0.4, -0.2) is 92.9 Å². The van der Waals surface area contributed by atoms with Gasteiger partial charge in [-0.3, -0.25) is 24.0 Å². The number of likely N-dealkylation sites (N-methyl/N-ethyl adjacent to an activating group) is 1. The van der Waals surface area contributed by atoms with Crippen LogP contribution < -0.4 is 37.4 Å². The van der Waals surface area contributed by atoms with Crippen LogP contribution in [0.1, 0.15) is 37.4 Å². The third kappa shape index (κ3) is 8.12. The van der Waals surface area contributed by atoms with E-state index in [-0.39, 0.29) is 74.6 Å². The molecule has 0 saturated carbocycles. The molecule has 2 aromatic rings. The van der Waals surface area contributed by atoms with Gasteiger partial charge in [0.25, 0.3) is 10.9 Å². The molecule has 224 valence electrons.